The van der Waals surface area contributed by atoms with Gasteiger partial charge in [-0.25, -0.2) is 5.43 Å². The number of ether oxygens (including phenoxy) is 1. The maximum Gasteiger partial charge on any atom is 0.265 e. The van der Waals surface area contributed by atoms with Gasteiger partial charge in [-0.1, -0.05) is 27.6 Å². The molecule has 0 spiro atoms. The highest BCUT2D eigenvalue weighted by Gasteiger charge is 2.10. The largest absolute Gasteiger partial charge is 0.495 e. The Morgan fingerprint density at radius 3 is 2.85 bits per heavy atom. The Balaban J connectivity index is 1.63. The van der Waals surface area contributed by atoms with E-state index in [9.17, 15) is 0 Å². The van der Waals surface area contributed by atoms with Gasteiger partial charge in [0.05, 0.1) is 17.8 Å². The molecule has 27 heavy (non-hydrogen) atoms. The summed E-state index contributed by atoms with van der Waals surface area (Å²) in [4.78, 5) is 7.70. The number of methoxy groups -OCH3 is 1. The second-order valence-electron chi connectivity index (χ2n) is 5.89. The van der Waals surface area contributed by atoms with E-state index in [1.165, 1.54) is 0 Å². The first-order valence-electron chi connectivity index (χ1n) is 8.00. The molecule has 2 aromatic heterocycles. The summed E-state index contributed by atoms with van der Waals surface area (Å²) in [5, 5.41) is 13.6. The van der Waals surface area contributed by atoms with Gasteiger partial charge in [0.2, 0.25) is 0 Å². The van der Waals surface area contributed by atoms with Gasteiger partial charge in [-0.05, 0) is 47.1 Å². The third kappa shape index (κ3) is 3.52. The molecule has 0 aliphatic carbocycles. The minimum absolute atomic E-state index is 0.301. The van der Waals surface area contributed by atoms with Crippen LogP contribution >= 0.6 is 31.9 Å². The first kappa shape index (κ1) is 17.9. The standard InChI is InChI=1S/C18H14Br2N6O/c1-9-3-4-14-12(5-9)15-17(22-14)23-18(26-24-15)25-21-8-10-6-11(19)7-13(20)16(10)27-2/h3-8H,1-2H3,(H2,22,23,25,26)/b21-8+. The zero-order chi connectivity index (χ0) is 19.0. The summed E-state index contributed by atoms with van der Waals surface area (Å²) in [5.41, 5.74) is 7.13. The molecule has 0 bridgehead atoms. The minimum atomic E-state index is 0.301. The molecule has 0 aliphatic heterocycles. The highest BCUT2D eigenvalue weighted by Crippen LogP contribution is 2.31. The summed E-state index contributed by atoms with van der Waals surface area (Å²) in [7, 11) is 1.61. The maximum absolute atomic E-state index is 5.40. The van der Waals surface area contributed by atoms with Crippen molar-refractivity contribution in [3.05, 3.63) is 50.4 Å². The number of hydrogen-bond acceptors (Lipinski definition) is 6. The molecule has 136 valence electrons. The van der Waals surface area contributed by atoms with Crippen LogP contribution < -0.4 is 10.2 Å². The van der Waals surface area contributed by atoms with E-state index in [0.29, 0.717) is 17.3 Å². The summed E-state index contributed by atoms with van der Waals surface area (Å²) in [6.07, 6.45) is 1.64. The lowest BCUT2D eigenvalue weighted by Crippen LogP contribution is -2.00. The second kappa shape index (κ2) is 7.24. The van der Waals surface area contributed by atoms with Crippen LogP contribution in [0.1, 0.15) is 11.1 Å². The van der Waals surface area contributed by atoms with Gasteiger partial charge in [0.15, 0.2) is 5.65 Å². The summed E-state index contributed by atoms with van der Waals surface area (Å²) in [6.45, 7) is 2.04. The number of nitrogens with one attached hydrogen (secondary N) is 2. The predicted molar refractivity (Wildman–Crippen MR) is 114 cm³/mol. The van der Waals surface area contributed by atoms with Gasteiger partial charge in [0.1, 0.15) is 11.3 Å². The number of rotatable bonds is 4. The number of hydrogen-bond donors (Lipinski definition) is 2. The number of aromatic nitrogens is 4. The highest BCUT2D eigenvalue weighted by atomic mass is 79.9. The van der Waals surface area contributed by atoms with Crippen LogP contribution in [0, 0.1) is 6.92 Å². The molecule has 0 saturated carbocycles. The maximum atomic E-state index is 5.40. The van der Waals surface area contributed by atoms with E-state index in [4.69, 9.17) is 4.74 Å². The summed E-state index contributed by atoms with van der Waals surface area (Å²) >= 11 is 6.92. The SMILES string of the molecule is COc1c(Br)cc(Br)cc1/C=N/Nc1nnc2c(n1)[nH]c1ccc(C)cc12. The molecular formula is C18H14Br2N6O. The summed E-state index contributed by atoms with van der Waals surface area (Å²) in [6, 6.07) is 9.92. The van der Waals surface area contributed by atoms with Gasteiger partial charge in [-0.2, -0.15) is 10.1 Å². The van der Waals surface area contributed by atoms with E-state index in [1.54, 1.807) is 13.3 Å². The van der Waals surface area contributed by atoms with Gasteiger partial charge in [-0.3, -0.25) is 0 Å². The lowest BCUT2D eigenvalue weighted by atomic mass is 10.2. The molecule has 0 fully saturated rings. The van der Waals surface area contributed by atoms with Crippen LogP contribution in [-0.2, 0) is 0 Å². The normalized spacial score (nSPS) is 11.6. The number of hydrazone groups is 1. The quantitative estimate of drug-likeness (QED) is 0.317. The van der Waals surface area contributed by atoms with Crippen molar-refractivity contribution in [3.8, 4) is 5.75 Å². The van der Waals surface area contributed by atoms with Crippen molar-refractivity contribution in [1.29, 1.82) is 0 Å². The molecule has 0 saturated heterocycles. The van der Waals surface area contributed by atoms with Gasteiger partial charge in [-0.15, -0.1) is 10.2 Å². The fraction of sp³-hybridized carbons (Fsp3) is 0.111. The average molecular weight is 490 g/mol. The van der Waals surface area contributed by atoms with Crippen molar-refractivity contribution in [2.45, 2.75) is 6.92 Å². The molecule has 0 atom stereocenters. The van der Waals surface area contributed by atoms with E-state index in [1.807, 2.05) is 31.2 Å². The number of nitrogens with zero attached hydrogens (tertiary/aromatic N) is 4. The zero-order valence-corrected chi connectivity index (χ0v) is 17.6. The Bertz CT molecular complexity index is 1190. The van der Waals surface area contributed by atoms with Gasteiger partial charge in [0, 0.05) is 20.9 Å². The predicted octanol–water partition coefficient (Wildman–Crippen LogP) is 4.79. The highest BCUT2D eigenvalue weighted by molar-refractivity contribution is 9.11. The third-order valence-corrected chi connectivity index (χ3v) is 5.03. The summed E-state index contributed by atoms with van der Waals surface area (Å²) in [5.74, 6) is 0.985. The molecule has 0 unspecified atom stereocenters. The van der Waals surface area contributed by atoms with Crippen molar-refractivity contribution in [2.24, 2.45) is 5.10 Å². The van der Waals surface area contributed by atoms with Crippen LogP contribution in [0.3, 0.4) is 0 Å². The lowest BCUT2D eigenvalue weighted by molar-refractivity contribution is 0.411. The Hall–Kier alpha value is -2.52. The average Bonchev–Trinajstić information content (AvgIpc) is 2.98. The van der Waals surface area contributed by atoms with Crippen LogP contribution in [0.2, 0.25) is 0 Å². The molecular weight excluding hydrogens is 476 g/mol. The Morgan fingerprint density at radius 2 is 2.04 bits per heavy atom. The van der Waals surface area contributed by atoms with Crippen LogP contribution in [0.4, 0.5) is 5.95 Å². The van der Waals surface area contributed by atoms with E-state index < -0.39 is 0 Å². The topological polar surface area (TPSA) is 88.1 Å². The number of benzene rings is 2. The third-order valence-electron chi connectivity index (χ3n) is 3.98. The van der Waals surface area contributed by atoms with Crippen molar-refractivity contribution in [2.75, 3.05) is 12.5 Å². The number of halogens is 2. The molecule has 7 nitrogen and oxygen atoms in total. The minimum Gasteiger partial charge on any atom is -0.495 e. The fourth-order valence-corrected chi connectivity index (χ4v) is 4.20. The van der Waals surface area contributed by atoms with E-state index in [0.717, 1.165) is 36.5 Å². The molecule has 2 heterocycles. The van der Waals surface area contributed by atoms with Crippen molar-refractivity contribution >= 4 is 66.1 Å². The van der Waals surface area contributed by atoms with E-state index in [-0.39, 0.29) is 0 Å². The monoisotopic (exact) mass is 488 g/mol. The van der Waals surface area contributed by atoms with Crippen LogP contribution in [0.25, 0.3) is 22.1 Å². The van der Waals surface area contributed by atoms with Crippen molar-refractivity contribution in [3.63, 3.8) is 0 Å². The van der Waals surface area contributed by atoms with E-state index >= 15 is 0 Å². The first-order valence-corrected chi connectivity index (χ1v) is 9.58. The molecule has 4 aromatic rings. The number of H-pyrrole nitrogens is 1. The Morgan fingerprint density at radius 1 is 1.19 bits per heavy atom. The molecule has 4 rings (SSSR count). The number of anilines is 1. The molecule has 9 heteroatoms. The van der Waals surface area contributed by atoms with E-state index in [2.05, 4.69) is 68.6 Å². The molecule has 2 aromatic carbocycles. The number of fused-ring (bicyclic) bond motifs is 3. The smallest absolute Gasteiger partial charge is 0.265 e. The molecule has 0 amide bonds. The fourth-order valence-electron chi connectivity index (χ4n) is 2.78. The van der Waals surface area contributed by atoms with Crippen LogP contribution in [-0.4, -0.2) is 33.5 Å². The molecule has 2 N–H and O–H groups in total. The number of aromatic amines is 1. The van der Waals surface area contributed by atoms with Crippen molar-refractivity contribution < 1.29 is 4.74 Å². The number of aryl methyl sites for hydroxylation is 1. The van der Waals surface area contributed by atoms with Crippen LogP contribution in [0.15, 0.2) is 44.4 Å². The van der Waals surface area contributed by atoms with Gasteiger partial charge >= 0.3 is 0 Å². The lowest BCUT2D eigenvalue weighted by Gasteiger charge is -2.07. The van der Waals surface area contributed by atoms with Gasteiger partial charge in [0.25, 0.3) is 5.95 Å². The zero-order valence-electron chi connectivity index (χ0n) is 14.4. The Labute approximate surface area is 171 Å². The van der Waals surface area contributed by atoms with Crippen LogP contribution in [0.5, 0.6) is 5.75 Å². The first-order chi connectivity index (χ1) is 13.0. The van der Waals surface area contributed by atoms with Gasteiger partial charge < -0.3 is 9.72 Å². The van der Waals surface area contributed by atoms with Crippen molar-refractivity contribution in [1.82, 2.24) is 20.2 Å². The Kier molecular flexibility index (Phi) is 4.79. The summed E-state index contributed by atoms with van der Waals surface area (Å²) < 4.78 is 7.13. The second-order valence-corrected chi connectivity index (χ2v) is 7.66. The molecule has 0 radical (unpaired) electrons. The molecule has 0 aliphatic rings.